The van der Waals surface area contributed by atoms with Crippen LogP contribution in [-0.2, 0) is 16.0 Å². The standard InChI is InChI=1S/C18H18BrN3O4S/c1-2-12-5-7-15(14(19)10-12)26-11-17(24)21-22-18(27)20-16(23)8-6-13-4-3-9-25-13/h3-10H,2,11H2,1H3,(H,21,24)(H2,20,22,23,27). The van der Waals surface area contributed by atoms with Crippen LogP contribution in [0.5, 0.6) is 5.75 Å². The van der Waals surface area contributed by atoms with E-state index in [-0.39, 0.29) is 11.7 Å². The fraction of sp³-hybridized carbons (Fsp3) is 0.167. The van der Waals surface area contributed by atoms with Gasteiger partial charge >= 0.3 is 0 Å². The first-order valence-electron chi connectivity index (χ1n) is 8.00. The van der Waals surface area contributed by atoms with E-state index >= 15 is 0 Å². The van der Waals surface area contributed by atoms with Gasteiger partial charge in [0, 0.05) is 6.08 Å². The molecule has 0 spiro atoms. The van der Waals surface area contributed by atoms with Crippen LogP contribution in [-0.4, -0.2) is 23.5 Å². The summed E-state index contributed by atoms with van der Waals surface area (Å²) in [6.07, 6.45) is 5.16. The molecule has 0 aliphatic heterocycles. The van der Waals surface area contributed by atoms with Crippen molar-refractivity contribution in [1.82, 2.24) is 16.2 Å². The summed E-state index contributed by atoms with van der Waals surface area (Å²) in [5.41, 5.74) is 5.92. The van der Waals surface area contributed by atoms with Gasteiger partial charge < -0.3 is 9.15 Å². The highest BCUT2D eigenvalue weighted by Gasteiger charge is 2.07. The number of furan rings is 1. The molecule has 3 N–H and O–H groups in total. The smallest absolute Gasteiger partial charge is 0.276 e. The number of thiocarbonyl (C=S) groups is 1. The monoisotopic (exact) mass is 451 g/mol. The Kier molecular flexibility index (Phi) is 8.02. The molecule has 0 aliphatic rings. The highest BCUT2D eigenvalue weighted by Crippen LogP contribution is 2.26. The molecule has 0 saturated heterocycles. The summed E-state index contributed by atoms with van der Waals surface area (Å²) in [4.78, 5) is 23.5. The maximum absolute atomic E-state index is 11.8. The van der Waals surface area contributed by atoms with Gasteiger partial charge in [-0.15, -0.1) is 0 Å². The number of amides is 2. The van der Waals surface area contributed by atoms with Crippen LogP contribution in [0.3, 0.4) is 0 Å². The maximum Gasteiger partial charge on any atom is 0.276 e. The molecular formula is C18H18BrN3O4S. The van der Waals surface area contributed by atoms with Gasteiger partial charge in [-0.2, -0.15) is 0 Å². The van der Waals surface area contributed by atoms with Gasteiger partial charge in [-0.3, -0.25) is 25.8 Å². The lowest BCUT2D eigenvalue weighted by Crippen LogP contribution is -2.49. The van der Waals surface area contributed by atoms with Crippen LogP contribution in [0.2, 0.25) is 0 Å². The van der Waals surface area contributed by atoms with E-state index < -0.39 is 11.8 Å². The summed E-state index contributed by atoms with van der Waals surface area (Å²) in [7, 11) is 0. The van der Waals surface area contributed by atoms with Crippen molar-refractivity contribution in [2.24, 2.45) is 0 Å². The van der Waals surface area contributed by atoms with Gasteiger partial charge in [-0.1, -0.05) is 13.0 Å². The van der Waals surface area contributed by atoms with Crippen molar-refractivity contribution in [2.75, 3.05) is 6.61 Å². The number of carbonyl (C=O) groups is 2. The average Bonchev–Trinajstić information content (AvgIpc) is 3.17. The van der Waals surface area contributed by atoms with Gasteiger partial charge in [0.2, 0.25) is 5.91 Å². The number of aryl methyl sites for hydroxylation is 1. The minimum Gasteiger partial charge on any atom is -0.483 e. The number of rotatable bonds is 6. The van der Waals surface area contributed by atoms with E-state index in [9.17, 15) is 9.59 Å². The molecule has 0 aliphatic carbocycles. The number of hydrogen-bond donors (Lipinski definition) is 3. The van der Waals surface area contributed by atoms with Crippen LogP contribution in [0.1, 0.15) is 18.2 Å². The first kappa shape index (κ1) is 20.7. The van der Waals surface area contributed by atoms with Crippen molar-refractivity contribution in [2.45, 2.75) is 13.3 Å². The molecule has 0 fully saturated rings. The summed E-state index contributed by atoms with van der Waals surface area (Å²) in [6.45, 7) is 1.84. The Morgan fingerprint density at radius 3 is 2.78 bits per heavy atom. The molecule has 0 unspecified atom stereocenters. The van der Waals surface area contributed by atoms with Crippen molar-refractivity contribution >= 4 is 51.2 Å². The second kappa shape index (κ2) is 10.5. The van der Waals surface area contributed by atoms with E-state index in [0.717, 1.165) is 16.5 Å². The molecule has 9 heteroatoms. The molecule has 1 aromatic heterocycles. The highest BCUT2D eigenvalue weighted by molar-refractivity contribution is 9.10. The van der Waals surface area contributed by atoms with Gasteiger partial charge in [-0.25, -0.2) is 0 Å². The molecule has 0 saturated carbocycles. The molecule has 0 radical (unpaired) electrons. The predicted molar refractivity (Wildman–Crippen MR) is 109 cm³/mol. The molecule has 0 bridgehead atoms. The molecule has 2 amide bonds. The van der Waals surface area contributed by atoms with Gasteiger partial charge in [-0.05, 0) is 70.5 Å². The van der Waals surface area contributed by atoms with Crippen LogP contribution in [0.15, 0.2) is 51.6 Å². The molecule has 7 nitrogen and oxygen atoms in total. The second-order valence-corrected chi connectivity index (χ2v) is 6.51. The van der Waals surface area contributed by atoms with Crippen LogP contribution in [0.4, 0.5) is 0 Å². The lowest BCUT2D eigenvalue weighted by molar-refractivity contribution is -0.123. The van der Waals surface area contributed by atoms with E-state index in [4.69, 9.17) is 21.4 Å². The Bertz CT molecular complexity index is 837. The third-order valence-corrected chi connectivity index (χ3v) is 4.08. The summed E-state index contributed by atoms with van der Waals surface area (Å²) in [6, 6.07) is 9.07. The fourth-order valence-electron chi connectivity index (χ4n) is 1.92. The first-order valence-corrected chi connectivity index (χ1v) is 9.20. The molecule has 27 heavy (non-hydrogen) atoms. The first-order chi connectivity index (χ1) is 13.0. The normalized spacial score (nSPS) is 10.4. The van der Waals surface area contributed by atoms with Crippen LogP contribution >= 0.6 is 28.1 Å². The van der Waals surface area contributed by atoms with Crippen molar-refractivity contribution < 1.29 is 18.7 Å². The van der Waals surface area contributed by atoms with Gasteiger partial charge in [0.15, 0.2) is 11.7 Å². The number of halogens is 1. The number of hydrogen-bond acceptors (Lipinski definition) is 5. The number of ether oxygens (including phenoxy) is 1. The molecule has 142 valence electrons. The van der Waals surface area contributed by atoms with Gasteiger partial charge in [0.25, 0.3) is 5.91 Å². The lowest BCUT2D eigenvalue weighted by atomic mass is 10.2. The molecule has 0 atom stereocenters. The van der Waals surface area contributed by atoms with Crippen LogP contribution in [0.25, 0.3) is 6.08 Å². The summed E-state index contributed by atoms with van der Waals surface area (Å²) in [5, 5.41) is 2.33. The van der Waals surface area contributed by atoms with E-state index in [1.54, 1.807) is 18.2 Å². The Balaban J connectivity index is 1.70. The van der Waals surface area contributed by atoms with E-state index in [1.165, 1.54) is 18.4 Å². The van der Waals surface area contributed by atoms with Crippen molar-refractivity contribution in [1.29, 1.82) is 0 Å². The number of carbonyl (C=O) groups excluding carboxylic acids is 2. The van der Waals surface area contributed by atoms with Crippen LogP contribution in [0, 0.1) is 0 Å². The third kappa shape index (κ3) is 7.24. The fourth-order valence-corrected chi connectivity index (χ4v) is 2.61. The number of benzene rings is 1. The Labute approximate surface area is 170 Å². The number of hydrazine groups is 1. The minimum atomic E-state index is -0.464. The SMILES string of the molecule is CCc1ccc(OCC(=O)NNC(=S)NC(=O)C=Cc2ccco2)c(Br)c1. The second-order valence-electron chi connectivity index (χ2n) is 5.25. The van der Waals surface area contributed by atoms with Crippen molar-refractivity contribution in [3.63, 3.8) is 0 Å². The van der Waals surface area contributed by atoms with Crippen molar-refractivity contribution in [3.05, 3.63) is 58.5 Å². The van der Waals surface area contributed by atoms with Crippen molar-refractivity contribution in [3.8, 4) is 5.75 Å². The zero-order chi connectivity index (χ0) is 19.6. The predicted octanol–water partition coefficient (Wildman–Crippen LogP) is 2.72. The lowest BCUT2D eigenvalue weighted by Gasteiger charge is -2.11. The average molecular weight is 452 g/mol. The zero-order valence-corrected chi connectivity index (χ0v) is 16.9. The van der Waals surface area contributed by atoms with Gasteiger partial charge in [0.05, 0.1) is 10.7 Å². The summed E-state index contributed by atoms with van der Waals surface area (Å²) >= 11 is 8.33. The highest BCUT2D eigenvalue weighted by atomic mass is 79.9. The number of nitrogens with one attached hydrogen (secondary N) is 3. The quantitative estimate of drug-likeness (QED) is 0.355. The summed E-state index contributed by atoms with van der Waals surface area (Å²) < 4.78 is 11.3. The minimum absolute atomic E-state index is 0.0501. The van der Waals surface area contributed by atoms with E-state index in [0.29, 0.717) is 11.5 Å². The Morgan fingerprint density at radius 1 is 1.30 bits per heavy atom. The van der Waals surface area contributed by atoms with Gasteiger partial charge in [0.1, 0.15) is 11.5 Å². The van der Waals surface area contributed by atoms with E-state index in [2.05, 4.69) is 39.0 Å². The Morgan fingerprint density at radius 2 is 2.11 bits per heavy atom. The molecular weight excluding hydrogens is 434 g/mol. The molecule has 1 heterocycles. The molecule has 1 aromatic carbocycles. The van der Waals surface area contributed by atoms with E-state index in [1.807, 2.05) is 12.1 Å². The molecule has 2 aromatic rings. The van der Waals surface area contributed by atoms with Crippen LogP contribution < -0.4 is 20.9 Å². The molecule has 2 rings (SSSR count). The third-order valence-electron chi connectivity index (χ3n) is 3.26. The Hall–Kier alpha value is -2.65. The summed E-state index contributed by atoms with van der Waals surface area (Å²) in [5.74, 6) is 0.174. The maximum atomic E-state index is 11.8. The zero-order valence-electron chi connectivity index (χ0n) is 14.5. The largest absolute Gasteiger partial charge is 0.483 e. The topological polar surface area (TPSA) is 92.6 Å².